The summed E-state index contributed by atoms with van der Waals surface area (Å²) < 4.78 is 5.71. The van der Waals surface area contributed by atoms with E-state index in [2.05, 4.69) is 9.97 Å². The van der Waals surface area contributed by atoms with E-state index in [1.165, 1.54) is 0 Å². The molecule has 0 fully saturated rings. The predicted octanol–water partition coefficient (Wildman–Crippen LogP) is 3.26. The Hall–Kier alpha value is -1.75. The van der Waals surface area contributed by atoms with Gasteiger partial charge in [0, 0.05) is 22.6 Å². The lowest BCUT2D eigenvalue weighted by Crippen LogP contribution is -2.06. The number of hydrogen-bond acceptors (Lipinski definition) is 5. The SMILES string of the molecule is CC(C)Oc1cccc(-c2nc(N)c3c(n2)CSC3)c1. The minimum absolute atomic E-state index is 0.146. The van der Waals surface area contributed by atoms with E-state index in [9.17, 15) is 0 Å². The molecule has 4 nitrogen and oxygen atoms in total. The molecule has 0 radical (unpaired) electrons. The van der Waals surface area contributed by atoms with Gasteiger partial charge >= 0.3 is 0 Å². The zero-order valence-corrected chi connectivity index (χ0v) is 12.4. The summed E-state index contributed by atoms with van der Waals surface area (Å²) in [5, 5.41) is 0. The number of hydrogen-bond donors (Lipinski definition) is 1. The monoisotopic (exact) mass is 287 g/mol. The van der Waals surface area contributed by atoms with Crippen LogP contribution in [0.2, 0.25) is 0 Å². The van der Waals surface area contributed by atoms with Gasteiger partial charge in [-0.1, -0.05) is 12.1 Å². The molecule has 0 spiro atoms. The molecule has 1 aromatic carbocycles. The highest BCUT2D eigenvalue weighted by atomic mass is 32.2. The summed E-state index contributed by atoms with van der Waals surface area (Å²) in [5.41, 5.74) is 9.13. The van der Waals surface area contributed by atoms with Crippen LogP contribution in [-0.4, -0.2) is 16.1 Å². The van der Waals surface area contributed by atoms with Crippen LogP contribution in [-0.2, 0) is 11.5 Å². The zero-order chi connectivity index (χ0) is 14.1. The second-order valence-corrected chi connectivity index (χ2v) is 6.03. The van der Waals surface area contributed by atoms with Crippen molar-refractivity contribution in [1.29, 1.82) is 0 Å². The Balaban J connectivity index is 1.99. The van der Waals surface area contributed by atoms with Crippen LogP contribution < -0.4 is 10.5 Å². The van der Waals surface area contributed by atoms with Gasteiger partial charge in [0.1, 0.15) is 11.6 Å². The third kappa shape index (κ3) is 2.58. The standard InChI is InChI=1S/C15H17N3OS/c1-9(2)19-11-5-3-4-10(6-11)15-17-13-8-20-7-12(13)14(16)18-15/h3-6,9H,7-8H2,1-2H3,(H2,16,17,18). The average molecular weight is 287 g/mol. The van der Waals surface area contributed by atoms with Gasteiger partial charge in [0.05, 0.1) is 11.8 Å². The second-order valence-electron chi connectivity index (χ2n) is 5.04. The summed E-state index contributed by atoms with van der Waals surface area (Å²) in [6.07, 6.45) is 0.146. The van der Waals surface area contributed by atoms with Crippen molar-refractivity contribution < 1.29 is 4.74 Å². The lowest BCUT2D eigenvalue weighted by Gasteiger charge is -2.11. The molecule has 2 aromatic rings. The fourth-order valence-electron chi connectivity index (χ4n) is 2.19. The lowest BCUT2D eigenvalue weighted by molar-refractivity contribution is 0.242. The predicted molar refractivity (Wildman–Crippen MR) is 82.6 cm³/mol. The molecule has 2 heterocycles. The van der Waals surface area contributed by atoms with Gasteiger partial charge in [0.2, 0.25) is 0 Å². The lowest BCUT2D eigenvalue weighted by atomic mass is 10.1. The normalized spacial score (nSPS) is 13.6. The van der Waals surface area contributed by atoms with E-state index in [1.807, 2.05) is 49.9 Å². The van der Waals surface area contributed by atoms with E-state index >= 15 is 0 Å². The highest BCUT2D eigenvalue weighted by Gasteiger charge is 2.18. The fourth-order valence-corrected chi connectivity index (χ4v) is 3.24. The first kappa shape index (κ1) is 13.2. The molecule has 5 heteroatoms. The molecule has 1 aliphatic heterocycles. The molecule has 0 unspecified atom stereocenters. The first-order valence-electron chi connectivity index (χ1n) is 6.63. The molecule has 0 saturated heterocycles. The first-order valence-corrected chi connectivity index (χ1v) is 7.79. The molecular formula is C15H17N3OS. The Bertz CT molecular complexity index is 643. The highest BCUT2D eigenvalue weighted by Crippen LogP contribution is 2.33. The Morgan fingerprint density at radius 2 is 2.10 bits per heavy atom. The molecule has 3 rings (SSSR count). The summed E-state index contributed by atoms with van der Waals surface area (Å²) >= 11 is 1.83. The van der Waals surface area contributed by atoms with E-state index in [0.717, 1.165) is 34.1 Å². The quantitative estimate of drug-likeness (QED) is 0.939. The summed E-state index contributed by atoms with van der Waals surface area (Å²) in [7, 11) is 0. The number of nitrogens with two attached hydrogens (primary N) is 1. The molecule has 2 N–H and O–H groups in total. The van der Waals surface area contributed by atoms with Gasteiger partial charge in [-0.15, -0.1) is 0 Å². The smallest absolute Gasteiger partial charge is 0.161 e. The third-order valence-electron chi connectivity index (χ3n) is 3.07. The number of thioether (sulfide) groups is 1. The molecule has 0 atom stereocenters. The number of benzene rings is 1. The number of anilines is 1. The van der Waals surface area contributed by atoms with Crippen LogP contribution in [0, 0.1) is 0 Å². The van der Waals surface area contributed by atoms with Gasteiger partial charge < -0.3 is 10.5 Å². The van der Waals surface area contributed by atoms with E-state index < -0.39 is 0 Å². The van der Waals surface area contributed by atoms with Crippen molar-refractivity contribution in [2.75, 3.05) is 5.73 Å². The largest absolute Gasteiger partial charge is 0.491 e. The van der Waals surface area contributed by atoms with E-state index in [4.69, 9.17) is 10.5 Å². The van der Waals surface area contributed by atoms with Crippen molar-refractivity contribution in [2.45, 2.75) is 31.5 Å². The summed E-state index contributed by atoms with van der Waals surface area (Å²) in [5.74, 6) is 3.94. The van der Waals surface area contributed by atoms with Crippen LogP contribution in [0.15, 0.2) is 24.3 Å². The number of nitrogen functional groups attached to an aromatic ring is 1. The molecule has 0 bridgehead atoms. The molecular weight excluding hydrogens is 270 g/mol. The Kier molecular flexibility index (Phi) is 3.53. The van der Waals surface area contributed by atoms with Crippen LogP contribution in [0.3, 0.4) is 0 Å². The minimum atomic E-state index is 0.146. The molecule has 0 saturated carbocycles. The van der Waals surface area contributed by atoms with Crippen LogP contribution in [0.4, 0.5) is 5.82 Å². The Labute approximate surface area is 122 Å². The highest BCUT2D eigenvalue weighted by molar-refractivity contribution is 7.98. The molecule has 0 aliphatic carbocycles. The van der Waals surface area contributed by atoms with Gasteiger partial charge in [0.15, 0.2) is 5.82 Å². The second kappa shape index (κ2) is 5.32. The van der Waals surface area contributed by atoms with Crippen molar-refractivity contribution in [1.82, 2.24) is 9.97 Å². The van der Waals surface area contributed by atoms with Crippen molar-refractivity contribution in [3.8, 4) is 17.1 Å². The molecule has 1 aromatic heterocycles. The minimum Gasteiger partial charge on any atom is -0.491 e. The molecule has 104 valence electrons. The number of aromatic nitrogens is 2. The van der Waals surface area contributed by atoms with Gasteiger partial charge in [0.25, 0.3) is 0 Å². The number of fused-ring (bicyclic) bond motifs is 1. The maximum absolute atomic E-state index is 6.03. The number of nitrogens with zero attached hydrogens (tertiary/aromatic N) is 2. The van der Waals surface area contributed by atoms with Crippen LogP contribution >= 0.6 is 11.8 Å². The third-order valence-corrected chi connectivity index (χ3v) is 4.04. The van der Waals surface area contributed by atoms with Crippen LogP contribution in [0.1, 0.15) is 25.1 Å². The van der Waals surface area contributed by atoms with Gasteiger partial charge in [-0.25, -0.2) is 9.97 Å². The van der Waals surface area contributed by atoms with Gasteiger partial charge in [-0.3, -0.25) is 0 Å². The molecule has 20 heavy (non-hydrogen) atoms. The van der Waals surface area contributed by atoms with E-state index in [0.29, 0.717) is 11.6 Å². The van der Waals surface area contributed by atoms with Crippen LogP contribution in [0.25, 0.3) is 11.4 Å². The summed E-state index contributed by atoms with van der Waals surface area (Å²) in [6.45, 7) is 4.02. The number of rotatable bonds is 3. The summed E-state index contributed by atoms with van der Waals surface area (Å²) in [6, 6.07) is 7.84. The van der Waals surface area contributed by atoms with E-state index in [-0.39, 0.29) is 6.10 Å². The van der Waals surface area contributed by atoms with Crippen molar-refractivity contribution in [3.05, 3.63) is 35.5 Å². The van der Waals surface area contributed by atoms with E-state index in [1.54, 1.807) is 0 Å². The van der Waals surface area contributed by atoms with Crippen molar-refractivity contribution >= 4 is 17.6 Å². The van der Waals surface area contributed by atoms with Gasteiger partial charge in [-0.05, 0) is 26.0 Å². The fraction of sp³-hybridized carbons (Fsp3) is 0.333. The van der Waals surface area contributed by atoms with Crippen LogP contribution in [0.5, 0.6) is 5.75 Å². The maximum atomic E-state index is 6.03. The average Bonchev–Trinajstić information content (AvgIpc) is 2.87. The van der Waals surface area contributed by atoms with Crippen molar-refractivity contribution in [3.63, 3.8) is 0 Å². The number of ether oxygens (including phenoxy) is 1. The van der Waals surface area contributed by atoms with Crippen molar-refractivity contribution in [2.24, 2.45) is 0 Å². The molecule has 1 aliphatic rings. The first-order chi connectivity index (χ1) is 9.63. The summed E-state index contributed by atoms with van der Waals surface area (Å²) in [4.78, 5) is 9.07. The topological polar surface area (TPSA) is 61.0 Å². The molecule has 0 amide bonds. The Morgan fingerprint density at radius 3 is 2.90 bits per heavy atom. The maximum Gasteiger partial charge on any atom is 0.161 e. The Morgan fingerprint density at radius 1 is 1.25 bits per heavy atom. The zero-order valence-electron chi connectivity index (χ0n) is 11.6. The van der Waals surface area contributed by atoms with Gasteiger partial charge in [-0.2, -0.15) is 11.8 Å².